The number of nitrogens with zero attached hydrogens (tertiary/aromatic N) is 3. The van der Waals surface area contributed by atoms with Crippen molar-refractivity contribution in [3.8, 4) is 6.07 Å². The average molecular weight is 431 g/mol. The fourth-order valence-corrected chi connectivity index (χ4v) is 4.68. The lowest BCUT2D eigenvalue weighted by atomic mass is 9.89. The van der Waals surface area contributed by atoms with Gasteiger partial charge in [0.2, 0.25) is 0 Å². The molecular weight excluding hydrogens is 410 g/mol. The van der Waals surface area contributed by atoms with Crippen molar-refractivity contribution in [3.63, 3.8) is 0 Å². The monoisotopic (exact) mass is 431 g/mol. The van der Waals surface area contributed by atoms with Crippen LogP contribution in [0.25, 0.3) is 0 Å². The van der Waals surface area contributed by atoms with E-state index in [4.69, 9.17) is 5.26 Å². The van der Waals surface area contributed by atoms with E-state index in [9.17, 15) is 22.4 Å². The number of carbonyl (C=O) groups is 1. The minimum absolute atomic E-state index is 0.0985. The number of nitriles is 1. The Balaban J connectivity index is 1.78. The standard InChI is InChI=1S/C23H21F4N3O/c1-2-14-7-9-17(12-19(14)24)30-21-6-4-3-5-20(21)29(22(30)31)16-10-8-15(13-28)18(11-16)23(25,26)27/h7-12,20-21H,2-6H2,1H3/t20-,21-/m0/s1. The topological polar surface area (TPSA) is 47.3 Å². The molecule has 0 aromatic heterocycles. The highest BCUT2D eigenvalue weighted by Gasteiger charge is 2.48. The Bertz CT molecular complexity index is 1060. The summed E-state index contributed by atoms with van der Waals surface area (Å²) in [6.45, 7) is 1.83. The second-order valence-electron chi connectivity index (χ2n) is 7.91. The van der Waals surface area contributed by atoms with E-state index in [1.807, 2.05) is 6.92 Å². The molecule has 31 heavy (non-hydrogen) atoms. The van der Waals surface area contributed by atoms with Crippen molar-refractivity contribution in [2.24, 2.45) is 0 Å². The second kappa shape index (κ2) is 7.88. The Morgan fingerprint density at radius 3 is 2.13 bits per heavy atom. The zero-order chi connectivity index (χ0) is 22.3. The first kappa shape index (κ1) is 21.2. The Kier molecular flexibility index (Phi) is 5.38. The third kappa shape index (κ3) is 3.62. The van der Waals surface area contributed by atoms with Crippen LogP contribution in [0.5, 0.6) is 0 Å². The number of urea groups is 1. The quantitative estimate of drug-likeness (QED) is 0.557. The molecule has 2 aromatic carbocycles. The van der Waals surface area contributed by atoms with Crippen molar-refractivity contribution < 1.29 is 22.4 Å². The molecule has 4 nitrogen and oxygen atoms in total. The summed E-state index contributed by atoms with van der Waals surface area (Å²) in [5.74, 6) is -0.406. The van der Waals surface area contributed by atoms with Gasteiger partial charge >= 0.3 is 12.2 Å². The number of hydrogen-bond donors (Lipinski definition) is 0. The summed E-state index contributed by atoms with van der Waals surface area (Å²) in [6, 6.07) is 8.52. The van der Waals surface area contributed by atoms with Crippen LogP contribution in [-0.4, -0.2) is 18.1 Å². The molecule has 4 rings (SSSR count). The maximum Gasteiger partial charge on any atom is 0.417 e. The lowest BCUT2D eigenvalue weighted by Crippen LogP contribution is -2.40. The largest absolute Gasteiger partial charge is 0.417 e. The van der Waals surface area contributed by atoms with Gasteiger partial charge in [-0.25, -0.2) is 9.18 Å². The van der Waals surface area contributed by atoms with Crippen LogP contribution in [0.2, 0.25) is 0 Å². The lowest BCUT2D eigenvalue weighted by molar-refractivity contribution is -0.137. The zero-order valence-corrected chi connectivity index (χ0v) is 16.9. The number of carbonyl (C=O) groups excluding carboxylic acids is 1. The molecule has 2 aromatic rings. The molecule has 0 unspecified atom stereocenters. The van der Waals surface area contributed by atoms with Gasteiger partial charge in [-0.1, -0.05) is 25.8 Å². The molecule has 2 amide bonds. The van der Waals surface area contributed by atoms with Crippen LogP contribution in [0, 0.1) is 17.1 Å². The van der Waals surface area contributed by atoms with Crippen LogP contribution in [0.15, 0.2) is 36.4 Å². The first-order valence-corrected chi connectivity index (χ1v) is 10.3. The molecule has 2 aliphatic rings. The van der Waals surface area contributed by atoms with Crippen LogP contribution in [0.4, 0.5) is 33.7 Å². The Hall–Kier alpha value is -3.08. The average Bonchev–Trinajstić information content (AvgIpc) is 3.04. The highest BCUT2D eigenvalue weighted by molar-refractivity contribution is 6.07. The number of aryl methyl sites for hydroxylation is 1. The summed E-state index contributed by atoms with van der Waals surface area (Å²) in [6.07, 6.45) is -1.13. The van der Waals surface area contributed by atoms with Gasteiger partial charge < -0.3 is 0 Å². The van der Waals surface area contributed by atoms with Crippen molar-refractivity contribution in [1.82, 2.24) is 0 Å². The maximum atomic E-state index is 14.4. The number of fused-ring (bicyclic) bond motifs is 1. The number of hydrogen-bond acceptors (Lipinski definition) is 2. The van der Waals surface area contributed by atoms with Crippen molar-refractivity contribution in [2.45, 2.75) is 57.3 Å². The molecule has 162 valence electrons. The predicted octanol–water partition coefficient (Wildman–Crippen LogP) is 6.04. The number of amides is 2. The highest BCUT2D eigenvalue weighted by atomic mass is 19.4. The van der Waals surface area contributed by atoms with Crippen molar-refractivity contribution in [2.75, 3.05) is 9.80 Å². The predicted molar refractivity (Wildman–Crippen MR) is 108 cm³/mol. The molecule has 8 heteroatoms. The van der Waals surface area contributed by atoms with Gasteiger partial charge in [-0.2, -0.15) is 18.4 Å². The number of rotatable bonds is 3. The van der Waals surface area contributed by atoms with E-state index in [0.717, 1.165) is 25.0 Å². The summed E-state index contributed by atoms with van der Waals surface area (Å²) in [5, 5.41) is 9.06. The van der Waals surface area contributed by atoms with Crippen LogP contribution >= 0.6 is 0 Å². The summed E-state index contributed by atoms with van der Waals surface area (Å²) < 4.78 is 54.9. The fraction of sp³-hybridized carbons (Fsp3) is 0.391. The van der Waals surface area contributed by atoms with E-state index >= 15 is 0 Å². The Morgan fingerprint density at radius 2 is 1.61 bits per heavy atom. The SMILES string of the molecule is CCc1ccc(N2C(=O)N(c3ccc(C#N)c(C(F)(F)F)c3)[C@H]3CCCC[C@@H]32)cc1F. The van der Waals surface area contributed by atoms with E-state index < -0.39 is 29.2 Å². The first-order chi connectivity index (χ1) is 14.8. The molecule has 0 bridgehead atoms. The van der Waals surface area contributed by atoms with Crippen LogP contribution in [0.1, 0.15) is 49.3 Å². The molecule has 2 fully saturated rings. The third-order valence-electron chi connectivity index (χ3n) is 6.17. The van der Waals surface area contributed by atoms with Gasteiger partial charge in [0.1, 0.15) is 5.82 Å². The molecule has 1 aliphatic heterocycles. The maximum absolute atomic E-state index is 14.4. The highest BCUT2D eigenvalue weighted by Crippen LogP contribution is 2.42. The van der Waals surface area contributed by atoms with Gasteiger partial charge in [-0.15, -0.1) is 0 Å². The normalized spacial score (nSPS) is 21.2. The second-order valence-corrected chi connectivity index (χ2v) is 7.91. The van der Waals surface area contributed by atoms with E-state index in [1.165, 1.54) is 21.9 Å². The molecule has 0 N–H and O–H groups in total. The minimum Gasteiger partial charge on any atom is -0.289 e. The lowest BCUT2D eigenvalue weighted by Gasteiger charge is -2.32. The number of benzene rings is 2. The van der Waals surface area contributed by atoms with E-state index in [-0.39, 0.29) is 17.8 Å². The smallest absolute Gasteiger partial charge is 0.289 e. The van der Waals surface area contributed by atoms with Gasteiger partial charge in [-0.05, 0) is 55.2 Å². The summed E-state index contributed by atoms with van der Waals surface area (Å²) in [7, 11) is 0. The summed E-state index contributed by atoms with van der Waals surface area (Å²) in [5.41, 5.74) is -0.513. The van der Waals surface area contributed by atoms with Crippen LogP contribution in [-0.2, 0) is 12.6 Å². The van der Waals surface area contributed by atoms with Crippen molar-refractivity contribution >= 4 is 17.4 Å². The number of alkyl halides is 3. The number of halogens is 4. The van der Waals surface area contributed by atoms with E-state index in [2.05, 4.69) is 0 Å². The molecular formula is C23H21F4N3O. The first-order valence-electron chi connectivity index (χ1n) is 10.3. The van der Waals surface area contributed by atoms with E-state index in [0.29, 0.717) is 30.5 Å². The molecule has 0 spiro atoms. The van der Waals surface area contributed by atoms with Gasteiger partial charge in [0.15, 0.2) is 0 Å². The van der Waals surface area contributed by atoms with Crippen molar-refractivity contribution in [3.05, 3.63) is 58.9 Å². The molecule has 2 atom stereocenters. The van der Waals surface area contributed by atoms with Gasteiger partial charge in [0.25, 0.3) is 0 Å². The zero-order valence-electron chi connectivity index (χ0n) is 16.9. The van der Waals surface area contributed by atoms with Crippen molar-refractivity contribution in [1.29, 1.82) is 5.26 Å². The molecule has 1 heterocycles. The van der Waals surface area contributed by atoms with Crippen LogP contribution in [0.3, 0.4) is 0 Å². The van der Waals surface area contributed by atoms with Gasteiger partial charge in [-0.3, -0.25) is 9.80 Å². The minimum atomic E-state index is -4.71. The van der Waals surface area contributed by atoms with E-state index in [1.54, 1.807) is 18.2 Å². The van der Waals surface area contributed by atoms with Gasteiger partial charge in [0, 0.05) is 11.4 Å². The fourth-order valence-electron chi connectivity index (χ4n) is 4.68. The Morgan fingerprint density at radius 1 is 1.03 bits per heavy atom. The molecule has 0 radical (unpaired) electrons. The number of anilines is 2. The molecule has 1 aliphatic carbocycles. The molecule has 1 saturated heterocycles. The molecule has 1 saturated carbocycles. The summed E-state index contributed by atoms with van der Waals surface area (Å²) in [4.78, 5) is 16.3. The van der Waals surface area contributed by atoms with Crippen LogP contribution < -0.4 is 9.80 Å². The summed E-state index contributed by atoms with van der Waals surface area (Å²) >= 11 is 0. The Labute approximate surface area is 177 Å². The third-order valence-corrected chi connectivity index (χ3v) is 6.17. The van der Waals surface area contributed by atoms with Gasteiger partial charge in [0.05, 0.1) is 29.3 Å².